The Hall–Kier alpha value is -2.26. The molecular weight excluding hydrogens is 375 g/mol. The lowest BCUT2D eigenvalue weighted by Crippen LogP contribution is -2.00. The molecule has 0 atom stereocenters. The maximum Gasteiger partial charge on any atom is 0.335 e. The molecule has 0 aliphatic rings. The zero-order valence-electron chi connectivity index (χ0n) is 12.9. The zero-order valence-corrected chi connectivity index (χ0v) is 14.5. The van der Waals surface area contributed by atoms with Gasteiger partial charge in [0.1, 0.15) is 10.3 Å². The largest absolute Gasteiger partial charge is 0.478 e. The van der Waals surface area contributed by atoms with Crippen LogP contribution in [0.25, 0.3) is 0 Å². The fourth-order valence-corrected chi connectivity index (χ4v) is 2.10. The second-order valence-electron chi connectivity index (χ2n) is 4.54. The number of carbonyl (C=O) groups is 2. The molecule has 0 spiro atoms. The van der Waals surface area contributed by atoms with Crippen LogP contribution in [-0.4, -0.2) is 44.3 Å². The number of aromatic carboxylic acids is 2. The first-order chi connectivity index (χ1) is 11.8. The number of hydrogen-bond acceptors (Lipinski definition) is 6. The van der Waals surface area contributed by atoms with E-state index in [0.29, 0.717) is 5.69 Å². The highest BCUT2D eigenvalue weighted by atomic mass is 35.5. The molecule has 0 amide bonds. The lowest BCUT2D eigenvalue weighted by atomic mass is 10.2. The van der Waals surface area contributed by atoms with Crippen LogP contribution in [0.5, 0.6) is 0 Å². The van der Waals surface area contributed by atoms with Gasteiger partial charge in [-0.05, 0) is 24.3 Å². The summed E-state index contributed by atoms with van der Waals surface area (Å²) in [5.41, 5.74) is 0.901. The maximum absolute atomic E-state index is 10.6. The molecule has 2 aromatic heterocycles. The zero-order chi connectivity index (χ0) is 19.0. The predicted molar refractivity (Wildman–Crippen MR) is 89.0 cm³/mol. The first kappa shape index (κ1) is 20.8. The highest BCUT2D eigenvalue weighted by Gasteiger charge is 2.07. The van der Waals surface area contributed by atoms with Gasteiger partial charge in [0.25, 0.3) is 0 Å². The van der Waals surface area contributed by atoms with Crippen LogP contribution in [0.3, 0.4) is 0 Å². The summed E-state index contributed by atoms with van der Waals surface area (Å²) in [6.45, 7) is -0.0678. The number of aliphatic hydroxyl groups excluding tert-OH is 1. The monoisotopic (exact) mass is 388 g/mol. The van der Waals surface area contributed by atoms with Gasteiger partial charge in [-0.2, -0.15) is 0 Å². The summed E-state index contributed by atoms with van der Waals surface area (Å²) in [4.78, 5) is 28.6. The summed E-state index contributed by atoms with van der Waals surface area (Å²) < 4.78 is 4.80. The van der Waals surface area contributed by atoms with E-state index in [2.05, 4.69) is 9.97 Å². The molecule has 0 bridgehead atoms. The van der Waals surface area contributed by atoms with Gasteiger partial charge in [0.15, 0.2) is 0 Å². The number of methoxy groups -OCH3 is 1. The Kier molecular flexibility index (Phi) is 8.23. The fraction of sp³-hybridized carbons (Fsp3) is 0.200. The molecule has 0 saturated carbocycles. The van der Waals surface area contributed by atoms with Crippen molar-refractivity contribution in [1.29, 1.82) is 0 Å². The van der Waals surface area contributed by atoms with Crippen LogP contribution < -0.4 is 0 Å². The van der Waals surface area contributed by atoms with Crippen molar-refractivity contribution in [1.82, 2.24) is 9.97 Å². The van der Waals surface area contributed by atoms with Gasteiger partial charge >= 0.3 is 11.9 Å². The summed E-state index contributed by atoms with van der Waals surface area (Å²) in [7, 11) is 1.50. The van der Waals surface area contributed by atoms with E-state index in [1.807, 2.05) is 0 Å². The van der Waals surface area contributed by atoms with Gasteiger partial charge in [-0.25, -0.2) is 19.6 Å². The molecule has 0 unspecified atom stereocenters. The summed E-state index contributed by atoms with van der Waals surface area (Å²) in [6.07, 6.45) is 0. The minimum absolute atomic E-state index is 0.0269. The third-order valence-corrected chi connectivity index (χ3v) is 3.03. The first-order valence-corrected chi connectivity index (χ1v) is 7.41. The number of hydrogen-bond donors (Lipinski definition) is 3. The number of rotatable bonds is 5. The van der Waals surface area contributed by atoms with E-state index >= 15 is 0 Å². The van der Waals surface area contributed by atoms with E-state index in [-0.39, 0.29) is 40.3 Å². The van der Waals surface area contributed by atoms with Gasteiger partial charge in [0.05, 0.1) is 35.7 Å². The number of carboxylic acids is 2. The van der Waals surface area contributed by atoms with Gasteiger partial charge in [0.2, 0.25) is 0 Å². The number of nitrogens with zero attached hydrogens (tertiary/aromatic N) is 2. The number of carboxylic acid groups (broad SMARTS) is 2. The van der Waals surface area contributed by atoms with E-state index in [4.69, 9.17) is 43.3 Å². The van der Waals surface area contributed by atoms with Crippen LogP contribution in [0.15, 0.2) is 24.3 Å². The molecule has 10 heteroatoms. The summed E-state index contributed by atoms with van der Waals surface area (Å²) in [6, 6.07) is 5.22. The Bertz CT molecular complexity index is 770. The van der Waals surface area contributed by atoms with E-state index in [1.165, 1.54) is 31.4 Å². The quantitative estimate of drug-likeness (QED) is 0.665. The van der Waals surface area contributed by atoms with E-state index < -0.39 is 11.9 Å². The standard InChI is InChI=1S/C8H8ClNO3.C7H6ClNO3/c1-13-4-6-2-5(8(11)12)3-7(9)10-6;8-6-2-4(7(11)12)1-5(3-10)9-6/h2-3H,4H2,1H3,(H,11,12);1-2,10H,3H2,(H,11,12). The molecule has 134 valence electrons. The van der Waals surface area contributed by atoms with Crippen LogP contribution in [0.4, 0.5) is 0 Å². The Morgan fingerprint density at radius 1 is 0.960 bits per heavy atom. The normalized spacial score (nSPS) is 9.92. The molecule has 2 rings (SSSR count). The Morgan fingerprint density at radius 2 is 1.40 bits per heavy atom. The van der Waals surface area contributed by atoms with Crippen LogP contribution in [0.1, 0.15) is 32.1 Å². The second kappa shape index (κ2) is 9.90. The third kappa shape index (κ3) is 7.02. The first-order valence-electron chi connectivity index (χ1n) is 6.66. The number of pyridine rings is 2. The van der Waals surface area contributed by atoms with E-state index in [1.54, 1.807) is 0 Å². The molecule has 2 aromatic rings. The predicted octanol–water partition coefficient (Wildman–Crippen LogP) is 2.51. The molecule has 0 aliphatic carbocycles. The molecular formula is C15H14Cl2N2O6. The molecule has 0 aromatic carbocycles. The van der Waals surface area contributed by atoms with Crippen molar-refractivity contribution in [3.8, 4) is 0 Å². The van der Waals surface area contributed by atoms with Crippen molar-refractivity contribution in [2.45, 2.75) is 13.2 Å². The molecule has 0 fully saturated rings. The number of ether oxygens (including phenoxy) is 1. The number of halogens is 2. The summed E-state index contributed by atoms with van der Waals surface area (Å²) in [5, 5.41) is 26.1. The topological polar surface area (TPSA) is 130 Å². The van der Waals surface area contributed by atoms with Crippen molar-refractivity contribution in [3.63, 3.8) is 0 Å². The highest BCUT2D eigenvalue weighted by molar-refractivity contribution is 6.30. The third-order valence-electron chi connectivity index (χ3n) is 2.64. The Balaban J connectivity index is 0.000000251. The smallest absolute Gasteiger partial charge is 0.335 e. The summed E-state index contributed by atoms with van der Waals surface area (Å²) in [5.74, 6) is -2.12. The second-order valence-corrected chi connectivity index (χ2v) is 5.32. The fourth-order valence-electron chi connectivity index (χ4n) is 1.65. The maximum atomic E-state index is 10.6. The molecule has 2 heterocycles. The Morgan fingerprint density at radius 3 is 1.80 bits per heavy atom. The minimum atomic E-state index is -1.09. The average molecular weight is 389 g/mol. The van der Waals surface area contributed by atoms with Crippen molar-refractivity contribution in [3.05, 3.63) is 57.1 Å². The minimum Gasteiger partial charge on any atom is -0.478 e. The van der Waals surface area contributed by atoms with Crippen LogP contribution >= 0.6 is 23.2 Å². The highest BCUT2D eigenvalue weighted by Crippen LogP contribution is 2.12. The molecule has 3 N–H and O–H groups in total. The van der Waals surface area contributed by atoms with Crippen molar-refractivity contribution in [2.75, 3.05) is 7.11 Å². The van der Waals surface area contributed by atoms with Crippen molar-refractivity contribution in [2.24, 2.45) is 0 Å². The van der Waals surface area contributed by atoms with Gasteiger partial charge in [0, 0.05) is 7.11 Å². The molecule has 0 aliphatic heterocycles. The molecule has 8 nitrogen and oxygen atoms in total. The van der Waals surface area contributed by atoms with Crippen molar-refractivity contribution >= 4 is 35.1 Å². The van der Waals surface area contributed by atoms with Crippen LogP contribution in [0.2, 0.25) is 10.3 Å². The van der Waals surface area contributed by atoms with Crippen molar-refractivity contribution < 1.29 is 29.6 Å². The number of aliphatic hydroxyl groups is 1. The average Bonchev–Trinajstić information content (AvgIpc) is 2.54. The molecule has 0 radical (unpaired) electrons. The Labute approximate surface area is 152 Å². The van der Waals surface area contributed by atoms with E-state index in [9.17, 15) is 9.59 Å². The van der Waals surface area contributed by atoms with Gasteiger partial charge in [-0.15, -0.1) is 0 Å². The molecule has 25 heavy (non-hydrogen) atoms. The van der Waals surface area contributed by atoms with Gasteiger partial charge in [-0.1, -0.05) is 23.2 Å². The van der Waals surface area contributed by atoms with Gasteiger partial charge < -0.3 is 20.1 Å². The van der Waals surface area contributed by atoms with Crippen LogP contribution in [0, 0.1) is 0 Å². The number of aromatic nitrogens is 2. The SMILES string of the molecule is COCc1cc(C(=O)O)cc(Cl)n1.O=C(O)c1cc(Cl)nc(CO)c1. The lowest BCUT2D eigenvalue weighted by molar-refractivity contribution is 0.0685. The van der Waals surface area contributed by atoms with E-state index in [0.717, 1.165) is 0 Å². The summed E-state index contributed by atoms with van der Waals surface area (Å²) >= 11 is 11.1. The molecule has 0 saturated heterocycles. The van der Waals surface area contributed by atoms with Crippen LogP contribution in [-0.2, 0) is 18.0 Å². The lowest BCUT2D eigenvalue weighted by Gasteiger charge is -2.01. The van der Waals surface area contributed by atoms with Gasteiger partial charge in [-0.3, -0.25) is 0 Å².